The van der Waals surface area contributed by atoms with E-state index in [4.69, 9.17) is 33.7 Å². The Morgan fingerprint density at radius 1 is 1.00 bits per heavy atom. The summed E-state index contributed by atoms with van der Waals surface area (Å²) in [6.07, 6.45) is 0.464. The fourth-order valence-electron chi connectivity index (χ4n) is 2.45. The molecular weight excluding hydrogens is 281 g/mol. The van der Waals surface area contributed by atoms with Gasteiger partial charge in [-0.25, -0.2) is 0 Å². The predicted molar refractivity (Wildman–Crippen MR) is 77.8 cm³/mol. The second-order valence-corrected chi connectivity index (χ2v) is 5.44. The van der Waals surface area contributed by atoms with Gasteiger partial charge in [0.15, 0.2) is 0 Å². The molecule has 1 heterocycles. The zero-order chi connectivity index (χ0) is 13.4. The molecule has 0 fully saturated rings. The van der Waals surface area contributed by atoms with Crippen LogP contribution >= 0.6 is 23.2 Å². The van der Waals surface area contributed by atoms with Crippen molar-refractivity contribution in [3.63, 3.8) is 0 Å². The van der Waals surface area contributed by atoms with E-state index in [1.54, 1.807) is 0 Å². The maximum atomic E-state index is 6.23. The van der Waals surface area contributed by atoms with E-state index in [1.165, 1.54) is 0 Å². The highest BCUT2D eigenvalue weighted by Crippen LogP contribution is 2.43. The Bertz CT molecular complexity index is 595. The third kappa shape index (κ3) is 2.32. The van der Waals surface area contributed by atoms with Crippen LogP contribution in [0.25, 0.3) is 0 Å². The summed E-state index contributed by atoms with van der Waals surface area (Å²) in [6, 6.07) is 13.2. The van der Waals surface area contributed by atoms with Crippen LogP contribution in [0.4, 0.5) is 0 Å². The maximum Gasteiger partial charge on any atom is 0.128 e. The molecular formula is C15H13Cl2NO. The van der Waals surface area contributed by atoms with Crippen molar-refractivity contribution >= 4 is 23.2 Å². The van der Waals surface area contributed by atoms with Gasteiger partial charge in [-0.05, 0) is 18.2 Å². The molecule has 2 aromatic rings. The molecule has 0 saturated carbocycles. The fraction of sp³-hybridized carbons (Fsp3) is 0.200. The fourth-order valence-corrected chi connectivity index (χ4v) is 3.09. The van der Waals surface area contributed by atoms with Crippen molar-refractivity contribution in [2.75, 3.05) is 0 Å². The van der Waals surface area contributed by atoms with Crippen molar-refractivity contribution in [3.8, 4) is 5.75 Å². The Balaban J connectivity index is 2.02. The molecule has 0 saturated heterocycles. The molecule has 2 atom stereocenters. The van der Waals surface area contributed by atoms with Gasteiger partial charge in [0.25, 0.3) is 0 Å². The van der Waals surface area contributed by atoms with Crippen molar-refractivity contribution in [2.45, 2.75) is 18.6 Å². The molecule has 1 unspecified atom stereocenters. The van der Waals surface area contributed by atoms with E-state index in [2.05, 4.69) is 0 Å². The molecule has 0 amide bonds. The number of benzene rings is 2. The number of para-hydroxylation sites is 1. The Kier molecular flexibility index (Phi) is 3.40. The minimum atomic E-state index is -0.203. The molecule has 3 rings (SSSR count). The Hall–Kier alpha value is -1.22. The summed E-state index contributed by atoms with van der Waals surface area (Å²) >= 11 is 12.5. The van der Waals surface area contributed by atoms with Gasteiger partial charge in [-0.15, -0.1) is 0 Å². The lowest BCUT2D eigenvalue weighted by molar-refractivity contribution is 0.162. The van der Waals surface area contributed by atoms with Crippen molar-refractivity contribution in [1.82, 2.24) is 0 Å². The first-order chi connectivity index (χ1) is 9.16. The van der Waals surface area contributed by atoms with Crippen LogP contribution in [0.5, 0.6) is 5.75 Å². The van der Waals surface area contributed by atoms with Gasteiger partial charge in [0.2, 0.25) is 0 Å². The summed E-state index contributed by atoms with van der Waals surface area (Å²) in [6.45, 7) is 0. The molecule has 0 aromatic heterocycles. The van der Waals surface area contributed by atoms with Crippen LogP contribution in [0.1, 0.15) is 29.7 Å². The quantitative estimate of drug-likeness (QED) is 0.839. The van der Waals surface area contributed by atoms with Crippen LogP contribution in [0.3, 0.4) is 0 Å². The van der Waals surface area contributed by atoms with Crippen LogP contribution in [0, 0.1) is 0 Å². The molecule has 19 heavy (non-hydrogen) atoms. The van der Waals surface area contributed by atoms with Gasteiger partial charge in [0.1, 0.15) is 11.9 Å². The third-order valence-corrected chi connectivity index (χ3v) is 4.04. The molecule has 0 bridgehead atoms. The van der Waals surface area contributed by atoms with E-state index in [9.17, 15) is 0 Å². The summed E-state index contributed by atoms with van der Waals surface area (Å²) in [4.78, 5) is 0. The van der Waals surface area contributed by atoms with Crippen LogP contribution < -0.4 is 10.5 Å². The second kappa shape index (κ2) is 5.04. The van der Waals surface area contributed by atoms with Gasteiger partial charge < -0.3 is 10.5 Å². The van der Waals surface area contributed by atoms with Crippen LogP contribution in [-0.2, 0) is 0 Å². The molecule has 0 spiro atoms. The Labute approximate surface area is 122 Å². The van der Waals surface area contributed by atoms with E-state index >= 15 is 0 Å². The van der Waals surface area contributed by atoms with Crippen LogP contribution in [0.2, 0.25) is 10.0 Å². The van der Waals surface area contributed by atoms with E-state index < -0.39 is 0 Å². The molecule has 1 aliphatic rings. The normalized spacial score (nSPS) is 21.6. The summed E-state index contributed by atoms with van der Waals surface area (Å²) in [5, 5.41) is 1.23. The first-order valence-corrected chi connectivity index (χ1v) is 6.87. The van der Waals surface area contributed by atoms with E-state index in [0.717, 1.165) is 16.9 Å². The van der Waals surface area contributed by atoms with E-state index in [1.807, 2.05) is 42.5 Å². The molecule has 0 radical (unpaired) electrons. The highest BCUT2D eigenvalue weighted by molar-refractivity contribution is 6.36. The first kappa shape index (κ1) is 12.8. The largest absolute Gasteiger partial charge is 0.485 e. The number of hydrogen-bond donors (Lipinski definition) is 1. The summed E-state index contributed by atoms with van der Waals surface area (Å²) in [7, 11) is 0. The molecule has 1 aliphatic heterocycles. The average Bonchev–Trinajstić information content (AvgIpc) is 2.38. The Morgan fingerprint density at radius 2 is 1.68 bits per heavy atom. The highest BCUT2D eigenvalue weighted by Gasteiger charge is 2.29. The smallest absolute Gasteiger partial charge is 0.128 e. The van der Waals surface area contributed by atoms with Crippen molar-refractivity contribution < 1.29 is 4.74 Å². The van der Waals surface area contributed by atoms with E-state index in [-0.39, 0.29) is 12.1 Å². The van der Waals surface area contributed by atoms with Crippen LogP contribution in [-0.4, -0.2) is 0 Å². The lowest BCUT2D eigenvalue weighted by Gasteiger charge is -2.31. The van der Waals surface area contributed by atoms with Gasteiger partial charge in [0.05, 0.1) is 0 Å². The summed E-state index contributed by atoms with van der Waals surface area (Å²) in [5.41, 5.74) is 8.05. The number of ether oxygens (including phenoxy) is 1. The first-order valence-electron chi connectivity index (χ1n) is 6.12. The van der Waals surface area contributed by atoms with Gasteiger partial charge >= 0.3 is 0 Å². The minimum absolute atomic E-state index is 0.0673. The Morgan fingerprint density at radius 3 is 2.42 bits per heavy atom. The summed E-state index contributed by atoms with van der Waals surface area (Å²) in [5.74, 6) is 0.808. The van der Waals surface area contributed by atoms with Crippen molar-refractivity contribution in [2.24, 2.45) is 5.73 Å². The van der Waals surface area contributed by atoms with Gasteiger partial charge in [-0.3, -0.25) is 0 Å². The SMILES string of the molecule is N[C@@H]1CC(c2c(Cl)cccc2Cl)Oc2ccccc21. The van der Waals surface area contributed by atoms with Crippen molar-refractivity contribution in [1.29, 1.82) is 0 Å². The zero-order valence-electron chi connectivity index (χ0n) is 10.1. The highest BCUT2D eigenvalue weighted by atomic mass is 35.5. The van der Waals surface area contributed by atoms with Crippen molar-refractivity contribution in [3.05, 3.63) is 63.6 Å². The minimum Gasteiger partial charge on any atom is -0.485 e. The molecule has 4 heteroatoms. The van der Waals surface area contributed by atoms with Gasteiger partial charge in [-0.2, -0.15) is 0 Å². The predicted octanol–water partition coefficient (Wildman–Crippen LogP) is 4.52. The molecule has 98 valence electrons. The second-order valence-electron chi connectivity index (χ2n) is 4.62. The topological polar surface area (TPSA) is 35.2 Å². The number of fused-ring (bicyclic) bond motifs is 1. The van der Waals surface area contributed by atoms with Gasteiger partial charge in [-0.1, -0.05) is 47.5 Å². The average molecular weight is 294 g/mol. The lowest BCUT2D eigenvalue weighted by atomic mass is 9.93. The molecule has 2 nitrogen and oxygen atoms in total. The monoisotopic (exact) mass is 293 g/mol. The number of hydrogen-bond acceptors (Lipinski definition) is 2. The lowest BCUT2D eigenvalue weighted by Crippen LogP contribution is -2.24. The summed E-state index contributed by atoms with van der Waals surface area (Å²) < 4.78 is 6.00. The molecule has 2 N–H and O–H groups in total. The maximum absolute atomic E-state index is 6.23. The number of rotatable bonds is 1. The molecule has 2 aromatic carbocycles. The number of nitrogens with two attached hydrogens (primary N) is 1. The van der Waals surface area contributed by atoms with Crippen LogP contribution in [0.15, 0.2) is 42.5 Å². The van der Waals surface area contributed by atoms with Gasteiger partial charge in [0, 0.05) is 33.6 Å². The zero-order valence-corrected chi connectivity index (χ0v) is 11.7. The van der Waals surface area contributed by atoms with E-state index in [0.29, 0.717) is 16.5 Å². The standard InChI is InChI=1S/C15H13Cl2NO/c16-10-5-3-6-11(17)15(10)14-8-12(18)9-4-1-2-7-13(9)19-14/h1-7,12,14H,8,18H2/t12-,14?/m1/s1. The number of halogens is 2. The molecule has 0 aliphatic carbocycles. The third-order valence-electron chi connectivity index (χ3n) is 3.38.